The molecule has 2 atom stereocenters. The van der Waals surface area contributed by atoms with Gasteiger partial charge in [-0.3, -0.25) is 0 Å². The van der Waals surface area contributed by atoms with Crippen LogP contribution in [0.5, 0.6) is 0 Å². The molecule has 3 fully saturated rings. The lowest BCUT2D eigenvalue weighted by molar-refractivity contribution is -0.0798. The van der Waals surface area contributed by atoms with Crippen LogP contribution >= 0.6 is 0 Å². The quantitative estimate of drug-likeness (QED) is 0.234. The average molecular weight is 545 g/mol. The van der Waals surface area contributed by atoms with Crippen LogP contribution in [0, 0.1) is 35.3 Å². The maximum Gasteiger partial charge on any atom is 0.412 e. The first kappa shape index (κ1) is 29.5. The second-order valence-electron chi connectivity index (χ2n) is 12.0. The molecule has 1 saturated heterocycles. The first-order valence-corrected chi connectivity index (χ1v) is 14.7. The summed E-state index contributed by atoms with van der Waals surface area (Å²) < 4.78 is 86.4. The van der Waals surface area contributed by atoms with Crippen LogP contribution in [-0.2, 0) is 4.74 Å². The van der Waals surface area contributed by atoms with Crippen molar-refractivity contribution in [3.05, 3.63) is 41.0 Å². The summed E-state index contributed by atoms with van der Waals surface area (Å²) in [6.45, 7) is 3.10. The van der Waals surface area contributed by atoms with E-state index in [-0.39, 0.29) is 12.0 Å². The Morgan fingerprint density at radius 2 is 1.45 bits per heavy atom. The van der Waals surface area contributed by atoms with Gasteiger partial charge in [-0.2, -0.15) is 13.2 Å². The Morgan fingerprint density at radius 3 is 2.00 bits per heavy atom. The van der Waals surface area contributed by atoms with Crippen molar-refractivity contribution in [2.24, 2.45) is 23.7 Å². The Balaban J connectivity index is 1.23. The number of benzene rings is 1. The monoisotopic (exact) mass is 544 g/mol. The molecule has 214 valence electrons. The molecule has 1 aliphatic heterocycles. The lowest BCUT2D eigenvalue weighted by Crippen LogP contribution is -2.37. The van der Waals surface area contributed by atoms with Crippen LogP contribution in [0.4, 0.5) is 26.3 Å². The van der Waals surface area contributed by atoms with Crippen molar-refractivity contribution < 1.29 is 31.1 Å². The molecule has 38 heavy (non-hydrogen) atoms. The normalized spacial score (nSPS) is 31.4. The van der Waals surface area contributed by atoms with Crippen LogP contribution in [-0.4, -0.2) is 18.9 Å². The van der Waals surface area contributed by atoms with Crippen molar-refractivity contribution in [1.29, 1.82) is 0 Å². The van der Waals surface area contributed by atoms with Crippen LogP contribution in [0.2, 0.25) is 0 Å². The van der Waals surface area contributed by atoms with Crippen LogP contribution in [0.3, 0.4) is 0 Å². The Morgan fingerprint density at radius 1 is 0.842 bits per heavy atom. The average Bonchev–Trinajstić information content (AvgIpc) is 2.88. The molecule has 2 unspecified atom stereocenters. The molecular formula is C31H42F6O. The SMILES string of the molecule is CCCCCC1CCC(C2CCC(C3CCC(c4cc(F)c(/C(F)=C/C(F)(F)F)c(F)c4)CC3)OC2)CC1. The van der Waals surface area contributed by atoms with E-state index in [1.54, 1.807) is 0 Å². The lowest BCUT2D eigenvalue weighted by Gasteiger charge is -2.41. The number of allylic oxidation sites excluding steroid dienone is 1. The molecule has 1 heterocycles. The van der Waals surface area contributed by atoms with E-state index >= 15 is 0 Å². The first-order valence-electron chi connectivity index (χ1n) is 14.7. The summed E-state index contributed by atoms with van der Waals surface area (Å²) >= 11 is 0. The van der Waals surface area contributed by atoms with E-state index in [2.05, 4.69) is 6.92 Å². The fraction of sp³-hybridized carbons (Fsp3) is 0.742. The number of hydrogen-bond donors (Lipinski definition) is 0. The van der Waals surface area contributed by atoms with E-state index in [0.29, 0.717) is 17.4 Å². The predicted octanol–water partition coefficient (Wildman–Crippen LogP) is 10.3. The van der Waals surface area contributed by atoms with Crippen LogP contribution in [0.15, 0.2) is 18.2 Å². The van der Waals surface area contributed by atoms with Crippen molar-refractivity contribution in [3.63, 3.8) is 0 Å². The molecule has 1 aromatic carbocycles. The fourth-order valence-electron chi connectivity index (χ4n) is 7.26. The molecule has 1 aromatic rings. The van der Waals surface area contributed by atoms with Gasteiger partial charge >= 0.3 is 6.18 Å². The summed E-state index contributed by atoms with van der Waals surface area (Å²) in [5, 5.41) is 0. The van der Waals surface area contributed by atoms with Gasteiger partial charge < -0.3 is 4.74 Å². The zero-order valence-electron chi connectivity index (χ0n) is 22.5. The summed E-state index contributed by atoms with van der Waals surface area (Å²) in [7, 11) is 0. The van der Waals surface area contributed by atoms with Gasteiger partial charge in [0.1, 0.15) is 17.5 Å². The minimum absolute atomic E-state index is 0.0946. The zero-order chi connectivity index (χ0) is 27.3. The highest BCUT2D eigenvalue weighted by Gasteiger charge is 2.36. The molecule has 0 amide bonds. The van der Waals surface area contributed by atoms with E-state index in [1.165, 1.54) is 57.8 Å². The standard InChI is InChI=1S/C31H42F6O/c1-2-3-4-5-20-6-8-21(9-7-20)24-14-15-29(38-19-24)23-12-10-22(11-13-23)25-16-26(32)30(27(33)17-25)28(34)18-31(35,36)37/h16-18,20-24,29H,2-15,19H2,1H3/b28-18-. The predicted molar refractivity (Wildman–Crippen MR) is 138 cm³/mol. The maximum absolute atomic E-state index is 14.4. The third-order valence-electron chi connectivity index (χ3n) is 9.48. The van der Waals surface area contributed by atoms with Gasteiger partial charge in [-0.1, -0.05) is 45.4 Å². The van der Waals surface area contributed by atoms with E-state index in [4.69, 9.17) is 4.74 Å². The molecule has 0 spiro atoms. The van der Waals surface area contributed by atoms with E-state index < -0.39 is 35.3 Å². The Hall–Kier alpha value is -1.50. The number of unbranched alkanes of at least 4 members (excludes halogenated alkanes) is 2. The number of rotatable bonds is 8. The molecule has 2 saturated carbocycles. The highest BCUT2D eigenvalue weighted by molar-refractivity contribution is 5.61. The van der Waals surface area contributed by atoms with E-state index in [9.17, 15) is 26.3 Å². The van der Waals surface area contributed by atoms with Crippen molar-refractivity contribution in [1.82, 2.24) is 0 Å². The van der Waals surface area contributed by atoms with Crippen molar-refractivity contribution >= 4 is 5.83 Å². The third-order valence-corrected chi connectivity index (χ3v) is 9.48. The van der Waals surface area contributed by atoms with Gasteiger partial charge in [0.25, 0.3) is 0 Å². The number of ether oxygens (including phenoxy) is 1. The van der Waals surface area contributed by atoms with Gasteiger partial charge in [0.15, 0.2) is 0 Å². The lowest BCUT2D eigenvalue weighted by atomic mass is 9.71. The van der Waals surface area contributed by atoms with Crippen LogP contribution in [0.1, 0.15) is 114 Å². The molecule has 4 rings (SSSR count). The second kappa shape index (κ2) is 13.2. The van der Waals surface area contributed by atoms with E-state index in [0.717, 1.165) is 62.7 Å². The third kappa shape index (κ3) is 7.79. The Labute approximate surface area is 223 Å². The molecule has 0 aromatic heterocycles. The van der Waals surface area contributed by atoms with Gasteiger partial charge in [-0.05, 0) is 98.7 Å². The molecule has 0 N–H and O–H groups in total. The minimum Gasteiger partial charge on any atom is -0.378 e. The number of hydrogen-bond acceptors (Lipinski definition) is 1. The molecule has 2 aliphatic carbocycles. The molecule has 0 radical (unpaired) electrons. The summed E-state index contributed by atoms with van der Waals surface area (Å²) in [6.07, 6.45) is 10.8. The largest absolute Gasteiger partial charge is 0.412 e. The smallest absolute Gasteiger partial charge is 0.378 e. The van der Waals surface area contributed by atoms with E-state index in [1.807, 2.05) is 0 Å². The highest BCUT2D eigenvalue weighted by atomic mass is 19.4. The second-order valence-corrected chi connectivity index (χ2v) is 12.0. The molecular weight excluding hydrogens is 502 g/mol. The summed E-state index contributed by atoms with van der Waals surface area (Å²) in [5.41, 5.74) is -0.869. The number of alkyl halides is 3. The van der Waals surface area contributed by atoms with Crippen molar-refractivity contribution in [2.45, 2.75) is 115 Å². The van der Waals surface area contributed by atoms with Gasteiger partial charge in [0.05, 0.1) is 24.4 Å². The molecule has 7 heteroatoms. The maximum atomic E-state index is 14.4. The zero-order valence-corrected chi connectivity index (χ0v) is 22.5. The first-order chi connectivity index (χ1) is 18.1. The Bertz CT molecular complexity index is 894. The van der Waals surface area contributed by atoms with Gasteiger partial charge in [-0.25, -0.2) is 13.2 Å². The molecule has 3 aliphatic rings. The summed E-state index contributed by atoms with van der Waals surface area (Å²) in [6, 6.07) is 1.99. The fourth-order valence-corrected chi connectivity index (χ4v) is 7.26. The van der Waals surface area contributed by atoms with Crippen molar-refractivity contribution in [3.8, 4) is 0 Å². The summed E-state index contributed by atoms with van der Waals surface area (Å²) in [4.78, 5) is 0. The molecule has 1 nitrogen and oxygen atoms in total. The van der Waals surface area contributed by atoms with Crippen LogP contribution in [0.25, 0.3) is 5.83 Å². The minimum atomic E-state index is -4.99. The van der Waals surface area contributed by atoms with Gasteiger partial charge in [0.2, 0.25) is 0 Å². The molecule has 0 bridgehead atoms. The summed E-state index contributed by atoms with van der Waals surface area (Å²) in [5.74, 6) is -1.85. The van der Waals surface area contributed by atoms with Crippen LogP contribution < -0.4 is 0 Å². The van der Waals surface area contributed by atoms with Crippen molar-refractivity contribution in [2.75, 3.05) is 6.61 Å². The topological polar surface area (TPSA) is 9.23 Å². The number of halogens is 6. The van der Waals surface area contributed by atoms with Gasteiger partial charge in [-0.15, -0.1) is 0 Å². The highest BCUT2D eigenvalue weighted by Crippen LogP contribution is 2.44. The Kier molecular flexibility index (Phi) is 10.3. The van der Waals surface area contributed by atoms with Gasteiger partial charge in [0, 0.05) is 0 Å².